The van der Waals surface area contributed by atoms with Gasteiger partial charge in [0.15, 0.2) is 0 Å². The fourth-order valence-corrected chi connectivity index (χ4v) is 2.89. The fraction of sp³-hybridized carbons (Fsp3) is 0.368. The van der Waals surface area contributed by atoms with Gasteiger partial charge in [0.05, 0.1) is 5.69 Å². The second-order valence-electron chi connectivity index (χ2n) is 6.25. The molecule has 1 aromatic carbocycles. The van der Waals surface area contributed by atoms with Crippen molar-refractivity contribution in [1.29, 1.82) is 0 Å². The van der Waals surface area contributed by atoms with E-state index in [0.717, 1.165) is 43.1 Å². The summed E-state index contributed by atoms with van der Waals surface area (Å²) in [4.78, 5) is 19.1. The standard InChI is InChI=1S/C19H22N2O/c1-14-9-11-21(12-10-14)19(22)18-8-4-7-17(20-18)16-6-3-5-15(2)13-16/h3-8,13-14H,9-12H2,1-2H3. The molecule has 0 aliphatic carbocycles. The van der Waals surface area contributed by atoms with Gasteiger partial charge in [-0.25, -0.2) is 4.98 Å². The molecule has 3 rings (SSSR count). The largest absolute Gasteiger partial charge is 0.337 e. The van der Waals surface area contributed by atoms with Crippen LogP contribution in [-0.2, 0) is 0 Å². The summed E-state index contributed by atoms with van der Waals surface area (Å²) in [7, 11) is 0. The van der Waals surface area contributed by atoms with Crippen LogP contribution in [0.4, 0.5) is 0 Å². The topological polar surface area (TPSA) is 33.2 Å². The highest BCUT2D eigenvalue weighted by Gasteiger charge is 2.22. The van der Waals surface area contributed by atoms with Crippen LogP contribution >= 0.6 is 0 Å². The summed E-state index contributed by atoms with van der Waals surface area (Å²) in [6, 6.07) is 13.9. The molecule has 0 radical (unpaired) electrons. The van der Waals surface area contributed by atoms with Crippen LogP contribution in [0.5, 0.6) is 0 Å². The molecule has 3 nitrogen and oxygen atoms in total. The Morgan fingerprint density at radius 1 is 1.14 bits per heavy atom. The van der Waals surface area contributed by atoms with Crippen LogP contribution in [0, 0.1) is 12.8 Å². The molecule has 22 heavy (non-hydrogen) atoms. The van der Waals surface area contributed by atoms with Gasteiger partial charge in [0.1, 0.15) is 5.69 Å². The van der Waals surface area contributed by atoms with Gasteiger partial charge >= 0.3 is 0 Å². The van der Waals surface area contributed by atoms with Gasteiger partial charge < -0.3 is 4.90 Å². The van der Waals surface area contributed by atoms with E-state index in [4.69, 9.17) is 0 Å². The number of carbonyl (C=O) groups excluding carboxylic acids is 1. The van der Waals surface area contributed by atoms with Gasteiger partial charge in [-0.2, -0.15) is 0 Å². The summed E-state index contributed by atoms with van der Waals surface area (Å²) in [6.45, 7) is 6.00. The minimum atomic E-state index is 0.0569. The average molecular weight is 294 g/mol. The Hall–Kier alpha value is -2.16. The van der Waals surface area contributed by atoms with E-state index in [1.165, 1.54) is 5.56 Å². The zero-order valence-electron chi connectivity index (χ0n) is 13.2. The van der Waals surface area contributed by atoms with Crippen molar-refractivity contribution in [2.24, 2.45) is 5.92 Å². The molecular weight excluding hydrogens is 272 g/mol. The molecule has 1 fully saturated rings. The monoisotopic (exact) mass is 294 g/mol. The number of aryl methyl sites for hydroxylation is 1. The maximum atomic E-state index is 12.6. The average Bonchev–Trinajstić information content (AvgIpc) is 2.55. The van der Waals surface area contributed by atoms with Crippen LogP contribution in [0.3, 0.4) is 0 Å². The predicted molar refractivity (Wildman–Crippen MR) is 88.7 cm³/mol. The van der Waals surface area contributed by atoms with E-state index in [1.807, 2.05) is 35.2 Å². The fourth-order valence-electron chi connectivity index (χ4n) is 2.89. The number of nitrogens with zero attached hydrogens (tertiary/aromatic N) is 2. The number of hydrogen-bond acceptors (Lipinski definition) is 2. The van der Waals surface area contributed by atoms with Crippen LogP contribution < -0.4 is 0 Å². The number of rotatable bonds is 2. The maximum absolute atomic E-state index is 12.6. The zero-order chi connectivity index (χ0) is 15.5. The number of amides is 1. The van der Waals surface area contributed by atoms with Crippen LogP contribution in [-0.4, -0.2) is 28.9 Å². The summed E-state index contributed by atoms with van der Waals surface area (Å²) in [5.41, 5.74) is 3.66. The number of likely N-dealkylation sites (tertiary alicyclic amines) is 1. The molecule has 1 saturated heterocycles. The Bertz CT molecular complexity index is 673. The molecule has 1 aliphatic rings. The van der Waals surface area contributed by atoms with Crippen molar-refractivity contribution in [2.45, 2.75) is 26.7 Å². The number of carbonyl (C=O) groups is 1. The Labute approximate surface area is 132 Å². The van der Waals surface area contributed by atoms with Crippen LogP contribution in [0.1, 0.15) is 35.8 Å². The predicted octanol–water partition coefficient (Wildman–Crippen LogP) is 3.93. The molecule has 2 heterocycles. The van der Waals surface area contributed by atoms with Crippen molar-refractivity contribution in [3.05, 3.63) is 53.7 Å². The summed E-state index contributed by atoms with van der Waals surface area (Å²) in [5, 5.41) is 0. The van der Waals surface area contributed by atoms with Gasteiger partial charge in [-0.1, -0.05) is 36.8 Å². The second-order valence-corrected chi connectivity index (χ2v) is 6.25. The molecule has 1 aromatic heterocycles. The van der Waals surface area contributed by atoms with E-state index >= 15 is 0 Å². The van der Waals surface area contributed by atoms with Gasteiger partial charge in [-0.05, 0) is 43.9 Å². The number of pyridine rings is 1. The lowest BCUT2D eigenvalue weighted by Gasteiger charge is -2.30. The van der Waals surface area contributed by atoms with Gasteiger partial charge in [-0.3, -0.25) is 4.79 Å². The van der Waals surface area contributed by atoms with Crippen molar-refractivity contribution in [1.82, 2.24) is 9.88 Å². The first-order chi connectivity index (χ1) is 10.6. The third-order valence-corrected chi connectivity index (χ3v) is 4.35. The van der Waals surface area contributed by atoms with Crippen molar-refractivity contribution in [3.63, 3.8) is 0 Å². The van der Waals surface area contributed by atoms with E-state index in [1.54, 1.807) is 0 Å². The molecule has 2 aromatic rings. The van der Waals surface area contributed by atoms with E-state index in [0.29, 0.717) is 5.69 Å². The van der Waals surface area contributed by atoms with Gasteiger partial charge in [0, 0.05) is 18.7 Å². The smallest absolute Gasteiger partial charge is 0.272 e. The van der Waals surface area contributed by atoms with E-state index in [-0.39, 0.29) is 5.91 Å². The SMILES string of the molecule is Cc1cccc(-c2cccc(C(=O)N3CCC(C)CC3)n2)c1. The molecule has 0 bridgehead atoms. The number of benzene rings is 1. The zero-order valence-corrected chi connectivity index (χ0v) is 13.2. The summed E-state index contributed by atoms with van der Waals surface area (Å²) in [5.74, 6) is 0.775. The van der Waals surface area contributed by atoms with Crippen molar-refractivity contribution in [3.8, 4) is 11.3 Å². The molecule has 0 unspecified atom stereocenters. The van der Waals surface area contributed by atoms with Gasteiger partial charge in [0.25, 0.3) is 5.91 Å². The molecule has 3 heteroatoms. The summed E-state index contributed by atoms with van der Waals surface area (Å²) < 4.78 is 0. The van der Waals surface area contributed by atoms with Gasteiger partial charge in [-0.15, -0.1) is 0 Å². The highest BCUT2D eigenvalue weighted by molar-refractivity contribution is 5.93. The van der Waals surface area contributed by atoms with E-state index in [9.17, 15) is 4.79 Å². The third kappa shape index (κ3) is 3.19. The Morgan fingerprint density at radius 2 is 1.86 bits per heavy atom. The lowest BCUT2D eigenvalue weighted by molar-refractivity contribution is 0.0691. The van der Waals surface area contributed by atoms with Crippen LogP contribution in [0.15, 0.2) is 42.5 Å². The molecule has 114 valence electrons. The van der Waals surface area contributed by atoms with Gasteiger partial charge in [0.2, 0.25) is 0 Å². The maximum Gasteiger partial charge on any atom is 0.272 e. The molecule has 1 aliphatic heterocycles. The lowest BCUT2D eigenvalue weighted by atomic mass is 9.99. The molecule has 0 spiro atoms. The van der Waals surface area contributed by atoms with Crippen molar-refractivity contribution in [2.75, 3.05) is 13.1 Å². The first-order valence-electron chi connectivity index (χ1n) is 7.97. The Kier molecular flexibility index (Phi) is 4.23. The Balaban J connectivity index is 1.83. The number of hydrogen-bond donors (Lipinski definition) is 0. The van der Waals surface area contributed by atoms with E-state index < -0.39 is 0 Å². The summed E-state index contributed by atoms with van der Waals surface area (Å²) in [6.07, 6.45) is 2.17. The summed E-state index contributed by atoms with van der Waals surface area (Å²) >= 11 is 0. The highest BCUT2D eigenvalue weighted by Crippen LogP contribution is 2.21. The van der Waals surface area contributed by atoms with Crippen LogP contribution in [0.2, 0.25) is 0 Å². The minimum Gasteiger partial charge on any atom is -0.337 e. The Morgan fingerprint density at radius 3 is 2.59 bits per heavy atom. The van der Waals surface area contributed by atoms with Crippen molar-refractivity contribution >= 4 is 5.91 Å². The van der Waals surface area contributed by atoms with Crippen LogP contribution in [0.25, 0.3) is 11.3 Å². The number of piperidine rings is 1. The van der Waals surface area contributed by atoms with Crippen molar-refractivity contribution < 1.29 is 4.79 Å². The lowest BCUT2D eigenvalue weighted by Crippen LogP contribution is -2.38. The second kappa shape index (κ2) is 6.30. The van der Waals surface area contributed by atoms with E-state index in [2.05, 4.69) is 31.0 Å². The third-order valence-electron chi connectivity index (χ3n) is 4.35. The quantitative estimate of drug-likeness (QED) is 0.841. The molecule has 0 saturated carbocycles. The molecule has 0 N–H and O–H groups in total. The normalized spacial score (nSPS) is 15.8. The number of aromatic nitrogens is 1. The highest BCUT2D eigenvalue weighted by atomic mass is 16.2. The first kappa shape index (κ1) is 14.8. The first-order valence-corrected chi connectivity index (χ1v) is 7.97. The minimum absolute atomic E-state index is 0.0569. The molecule has 0 atom stereocenters. The molecule has 1 amide bonds. The molecular formula is C19H22N2O.